The second-order valence-electron chi connectivity index (χ2n) is 4.38. The second-order valence-corrected chi connectivity index (χ2v) is 4.38. The fourth-order valence-corrected chi connectivity index (χ4v) is 2.04. The van der Waals surface area contributed by atoms with E-state index in [0.717, 1.165) is 12.8 Å². The van der Waals surface area contributed by atoms with Crippen LogP contribution < -0.4 is 5.32 Å². The first-order chi connectivity index (χ1) is 8.60. The lowest BCUT2D eigenvalue weighted by atomic mass is 9.96. The lowest BCUT2D eigenvalue weighted by Crippen LogP contribution is -2.28. The summed E-state index contributed by atoms with van der Waals surface area (Å²) >= 11 is 0. The number of benzene rings is 1. The van der Waals surface area contributed by atoms with E-state index in [4.69, 9.17) is 5.11 Å². The second kappa shape index (κ2) is 7.01. The van der Waals surface area contributed by atoms with E-state index in [1.165, 1.54) is 0 Å². The van der Waals surface area contributed by atoms with E-state index in [0.29, 0.717) is 12.2 Å². The van der Waals surface area contributed by atoms with Gasteiger partial charge in [-0.2, -0.15) is 0 Å². The standard InChI is InChI=1S/C14H21NO3/c1-3-10(4-2)13(16)9-15-12-8-6-5-7-11(12)14(17)18/h5-8,10,13,15-16H,3-4,9H2,1-2H3,(H,17,18). The molecule has 1 aromatic carbocycles. The minimum Gasteiger partial charge on any atom is -0.478 e. The molecule has 0 saturated heterocycles. The van der Waals surface area contributed by atoms with E-state index in [-0.39, 0.29) is 11.5 Å². The molecule has 0 fully saturated rings. The highest BCUT2D eigenvalue weighted by Gasteiger charge is 2.16. The van der Waals surface area contributed by atoms with Crippen molar-refractivity contribution in [3.63, 3.8) is 0 Å². The Labute approximate surface area is 108 Å². The highest BCUT2D eigenvalue weighted by molar-refractivity contribution is 5.94. The van der Waals surface area contributed by atoms with Gasteiger partial charge in [0, 0.05) is 12.2 Å². The molecule has 0 aromatic heterocycles. The third-order valence-corrected chi connectivity index (χ3v) is 3.25. The summed E-state index contributed by atoms with van der Waals surface area (Å²) in [6, 6.07) is 6.72. The molecule has 4 heteroatoms. The Kier molecular flexibility index (Phi) is 5.65. The number of aliphatic hydroxyl groups excluding tert-OH is 1. The SMILES string of the molecule is CCC(CC)C(O)CNc1ccccc1C(=O)O. The van der Waals surface area contributed by atoms with E-state index in [9.17, 15) is 9.90 Å². The number of hydrogen-bond donors (Lipinski definition) is 3. The zero-order chi connectivity index (χ0) is 13.5. The van der Waals surface area contributed by atoms with Gasteiger partial charge in [0.1, 0.15) is 0 Å². The number of para-hydroxylation sites is 1. The smallest absolute Gasteiger partial charge is 0.337 e. The molecule has 0 saturated carbocycles. The van der Waals surface area contributed by atoms with Crippen molar-refractivity contribution >= 4 is 11.7 Å². The molecule has 0 radical (unpaired) electrons. The van der Waals surface area contributed by atoms with Gasteiger partial charge in [0.05, 0.1) is 11.7 Å². The molecule has 0 aliphatic rings. The van der Waals surface area contributed by atoms with E-state index >= 15 is 0 Å². The zero-order valence-corrected chi connectivity index (χ0v) is 10.9. The molecule has 4 nitrogen and oxygen atoms in total. The first kappa shape index (κ1) is 14.5. The van der Waals surface area contributed by atoms with Gasteiger partial charge in [0.2, 0.25) is 0 Å². The van der Waals surface area contributed by atoms with Crippen molar-refractivity contribution in [1.82, 2.24) is 0 Å². The van der Waals surface area contributed by atoms with Gasteiger partial charge in [0.15, 0.2) is 0 Å². The Morgan fingerprint density at radius 1 is 1.28 bits per heavy atom. The molecule has 18 heavy (non-hydrogen) atoms. The zero-order valence-electron chi connectivity index (χ0n) is 10.9. The lowest BCUT2D eigenvalue weighted by Gasteiger charge is -2.21. The first-order valence-corrected chi connectivity index (χ1v) is 6.34. The largest absolute Gasteiger partial charge is 0.478 e. The van der Waals surface area contributed by atoms with Crippen LogP contribution in [0.25, 0.3) is 0 Å². The highest BCUT2D eigenvalue weighted by Crippen LogP contribution is 2.17. The quantitative estimate of drug-likeness (QED) is 0.696. The number of nitrogens with one attached hydrogen (secondary N) is 1. The van der Waals surface area contributed by atoms with Crippen LogP contribution in [0.4, 0.5) is 5.69 Å². The number of carboxylic acid groups (broad SMARTS) is 1. The van der Waals surface area contributed by atoms with Crippen LogP contribution in [-0.2, 0) is 0 Å². The monoisotopic (exact) mass is 251 g/mol. The van der Waals surface area contributed by atoms with Crippen LogP contribution in [0.1, 0.15) is 37.0 Å². The minimum absolute atomic E-state index is 0.231. The van der Waals surface area contributed by atoms with Gasteiger partial charge >= 0.3 is 5.97 Å². The predicted octanol–water partition coefficient (Wildman–Crippen LogP) is 2.59. The molecule has 1 unspecified atom stereocenters. The van der Waals surface area contributed by atoms with Gasteiger partial charge in [-0.3, -0.25) is 0 Å². The fourth-order valence-electron chi connectivity index (χ4n) is 2.04. The molecule has 1 aromatic rings. The summed E-state index contributed by atoms with van der Waals surface area (Å²) in [4.78, 5) is 11.0. The van der Waals surface area contributed by atoms with Crippen LogP contribution in [0, 0.1) is 5.92 Å². The number of aliphatic hydroxyl groups is 1. The Bertz CT molecular complexity index is 388. The molecule has 1 atom stereocenters. The number of anilines is 1. The Hall–Kier alpha value is -1.55. The van der Waals surface area contributed by atoms with Crippen LogP contribution >= 0.6 is 0 Å². The van der Waals surface area contributed by atoms with E-state index in [2.05, 4.69) is 5.32 Å². The lowest BCUT2D eigenvalue weighted by molar-refractivity contribution is 0.0697. The van der Waals surface area contributed by atoms with Crippen LogP contribution in [0.2, 0.25) is 0 Å². The van der Waals surface area contributed by atoms with Gasteiger partial charge in [0.25, 0.3) is 0 Å². The summed E-state index contributed by atoms with van der Waals surface area (Å²) in [5, 5.41) is 22.0. The molecule has 0 aliphatic heterocycles. The van der Waals surface area contributed by atoms with E-state index in [1.807, 2.05) is 13.8 Å². The average Bonchev–Trinajstić information content (AvgIpc) is 2.38. The van der Waals surface area contributed by atoms with Crippen molar-refractivity contribution in [1.29, 1.82) is 0 Å². The number of carboxylic acids is 1. The van der Waals surface area contributed by atoms with E-state index < -0.39 is 12.1 Å². The molecule has 0 aliphatic carbocycles. The van der Waals surface area contributed by atoms with Crippen molar-refractivity contribution < 1.29 is 15.0 Å². The van der Waals surface area contributed by atoms with Crippen molar-refractivity contribution in [2.24, 2.45) is 5.92 Å². The average molecular weight is 251 g/mol. The Balaban J connectivity index is 2.66. The maximum Gasteiger partial charge on any atom is 0.337 e. The fraction of sp³-hybridized carbons (Fsp3) is 0.500. The molecular formula is C14H21NO3. The predicted molar refractivity (Wildman–Crippen MR) is 72.0 cm³/mol. The summed E-state index contributed by atoms with van der Waals surface area (Å²) in [6.45, 7) is 4.46. The van der Waals surface area contributed by atoms with Gasteiger partial charge in [-0.1, -0.05) is 38.8 Å². The third kappa shape index (κ3) is 3.74. The molecule has 0 spiro atoms. The van der Waals surface area contributed by atoms with Crippen molar-refractivity contribution in [3.05, 3.63) is 29.8 Å². The molecule has 0 amide bonds. The maximum absolute atomic E-state index is 11.0. The minimum atomic E-state index is -0.963. The molecular weight excluding hydrogens is 230 g/mol. The maximum atomic E-state index is 11.0. The number of rotatable bonds is 7. The van der Waals surface area contributed by atoms with Gasteiger partial charge in [-0.15, -0.1) is 0 Å². The summed E-state index contributed by atoms with van der Waals surface area (Å²) in [5.41, 5.74) is 0.782. The van der Waals surface area contributed by atoms with Crippen LogP contribution in [-0.4, -0.2) is 28.8 Å². The topological polar surface area (TPSA) is 69.6 Å². The number of aromatic carboxylic acids is 1. The first-order valence-electron chi connectivity index (χ1n) is 6.34. The molecule has 0 heterocycles. The number of hydrogen-bond acceptors (Lipinski definition) is 3. The summed E-state index contributed by atoms with van der Waals surface area (Å²) in [6.07, 6.45) is 1.38. The number of carbonyl (C=O) groups is 1. The van der Waals surface area contributed by atoms with Crippen molar-refractivity contribution in [2.45, 2.75) is 32.8 Å². The van der Waals surface area contributed by atoms with Gasteiger partial charge < -0.3 is 15.5 Å². The van der Waals surface area contributed by atoms with E-state index in [1.54, 1.807) is 24.3 Å². The van der Waals surface area contributed by atoms with Gasteiger partial charge in [-0.25, -0.2) is 4.79 Å². The summed E-state index contributed by atoms with van der Waals surface area (Å²) in [5.74, 6) is -0.718. The molecule has 3 N–H and O–H groups in total. The summed E-state index contributed by atoms with van der Waals surface area (Å²) < 4.78 is 0. The normalized spacial score (nSPS) is 12.4. The molecule has 0 bridgehead atoms. The van der Waals surface area contributed by atoms with Crippen LogP contribution in [0.3, 0.4) is 0 Å². The van der Waals surface area contributed by atoms with Crippen molar-refractivity contribution in [2.75, 3.05) is 11.9 Å². The highest BCUT2D eigenvalue weighted by atomic mass is 16.4. The third-order valence-electron chi connectivity index (χ3n) is 3.25. The molecule has 1 rings (SSSR count). The Morgan fingerprint density at radius 3 is 2.44 bits per heavy atom. The van der Waals surface area contributed by atoms with Crippen LogP contribution in [0.15, 0.2) is 24.3 Å². The Morgan fingerprint density at radius 2 is 1.89 bits per heavy atom. The summed E-state index contributed by atoms with van der Waals surface area (Å²) in [7, 11) is 0. The van der Waals surface area contributed by atoms with Crippen molar-refractivity contribution in [3.8, 4) is 0 Å². The van der Waals surface area contributed by atoms with Crippen LogP contribution in [0.5, 0.6) is 0 Å². The molecule has 100 valence electrons. The van der Waals surface area contributed by atoms with Gasteiger partial charge in [-0.05, 0) is 18.1 Å².